The molecule has 1 aliphatic heterocycles. The quantitative estimate of drug-likeness (QED) is 0.486. The van der Waals surface area contributed by atoms with Crippen molar-refractivity contribution in [3.05, 3.63) is 71.3 Å². The van der Waals surface area contributed by atoms with Gasteiger partial charge in [-0.1, -0.05) is 36.4 Å². The molecule has 2 atom stereocenters. The molecule has 35 heavy (non-hydrogen) atoms. The van der Waals surface area contributed by atoms with E-state index in [9.17, 15) is 9.59 Å². The first-order chi connectivity index (χ1) is 16.9. The smallest absolute Gasteiger partial charge is 0.244 e. The van der Waals surface area contributed by atoms with Crippen LogP contribution in [0.5, 0.6) is 5.75 Å². The average molecular weight is 475 g/mol. The molecule has 0 aliphatic carbocycles. The molecule has 3 aromatic rings. The summed E-state index contributed by atoms with van der Waals surface area (Å²) < 4.78 is 11.1. The van der Waals surface area contributed by atoms with Crippen LogP contribution in [-0.2, 0) is 14.3 Å². The van der Waals surface area contributed by atoms with Crippen molar-refractivity contribution in [3.63, 3.8) is 0 Å². The second kappa shape index (κ2) is 10.9. The van der Waals surface area contributed by atoms with Gasteiger partial charge in [0.25, 0.3) is 0 Å². The van der Waals surface area contributed by atoms with Crippen LogP contribution in [0.1, 0.15) is 42.4 Å². The van der Waals surface area contributed by atoms with Crippen LogP contribution < -0.4 is 10.1 Å². The van der Waals surface area contributed by atoms with Crippen molar-refractivity contribution >= 4 is 28.3 Å². The van der Waals surface area contributed by atoms with Crippen LogP contribution in [0.3, 0.4) is 0 Å². The van der Waals surface area contributed by atoms with Gasteiger partial charge >= 0.3 is 0 Å². The Balaban J connectivity index is 1.53. The standard InChI is InChI=1S/C29H34N2O4/c1-19-7-5-9-27(20(19)2)30-28(32)18-31(17-26-8-6-14-35-26)29(33)21(3)22-10-11-24-16-25(34-4)13-12-23(24)15-22/h5,7,9-13,15-16,21,26H,6,8,14,17-18H2,1-4H3,(H,30,32)/t21-,26-/m1/s1. The molecule has 1 saturated heterocycles. The highest BCUT2D eigenvalue weighted by atomic mass is 16.5. The average Bonchev–Trinajstić information content (AvgIpc) is 3.38. The molecular formula is C29H34N2O4. The van der Waals surface area contributed by atoms with Crippen molar-refractivity contribution in [1.82, 2.24) is 4.90 Å². The number of carbonyl (C=O) groups is 2. The van der Waals surface area contributed by atoms with Crippen LogP contribution in [0.25, 0.3) is 10.8 Å². The van der Waals surface area contributed by atoms with Crippen molar-refractivity contribution in [2.75, 3.05) is 32.1 Å². The normalized spacial score (nSPS) is 16.2. The molecule has 3 aromatic carbocycles. The summed E-state index contributed by atoms with van der Waals surface area (Å²) in [5, 5.41) is 5.08. The number of rotatable bonds is 8. The summed E-state index contributed by atoms with van der Waals surface area (Å²) in [4.78, 5) is 28.3. The van der Waals surface area contributed by atoms with E-state index in [0.29, 0.717) is 13.2 Å². The SMILES string of the molecule is COc1ccc2cc([C@@H](C)C(=O)N(CC(=O)Nc3cccc(C)c3C)C[C@H]3CCCO3)ccc2c1. The van der Waals surface area contributed by atoms with Gasteiger partial charge in [-0.15, -0.1) is 0 Å². The van der Waals surface area contributed by atoms with Crippen molar-refractivity contribution < 1.29 is 19.1 Å². The predicted octanol–water partition coefficient (Wildman–Crippen LogP) is 5.22. The van der Waals surface area contributed by atoms with Gasteiger partial charge in [0.05, 0.1) is 25.7 Å². The minimum Gasteiger partial charge on any atom is -0.497 e. The van der Waals surface area contributed by atoms with E-state index in [4.69, 9.17) is 9.47 Å². The lowest BCUT2D eigenvalue weighted by Crippen LogP contribution is -2.44. The lowest BCUT2D eigenvalue weighted by atomic mass is 9.96. The molecule has 0 saturated carbocycles. The molecule has 0 unspecified atom stereocenters. The topological polar surface area (TPSA) is 67.9 Å². The Morgan fingerprint density at radius 1 is 1.11 bits per heavy atom. The Morgan fingerprint density at radius 3 is 2.63 bits per heavy atom. The maximum absolute atomic E-state index is 13.6. The summed E-state index contributed by atoms with van der Waals surface area (Å²) in [6, 6.07) is 17.7. The molecule has 1 fully saturated rings. The summed E-state index contributed by atoms with van der Waals surface area (Å²) in [7, 11) is 1.65. The number of nitrogens with one attached hydrogen (secondary N) is 1. The van der Waals surface area contributed by atoms with Gasteiger partial charge in [0.2, 0.25) is 11.8 Å². The van der Waals surface area contributed by atoms with E-state index in [0.717, 1.165) is 51.7 Å². The van der Waals surface area contributed by atoms with E-state index in [1.54, 1.807) is 12.0 Å². The molecule has 0 radical (unpaired) electrons. The van der Waals surface area contributed by atoms with E-state index in [2.05, 4.69) is 5.32 Å². The number of aryl methyl sites for hydroxylation is 1. The minimum absolute atomic E-state index is 0.0127. The zero-order valence-electron chi connectivity index (χ0n) is 21.0. The van der Waals surface area contributed by atoms with Crippen LogP contribution in [0.2, 0.25) is 0 Å². The van der Waals surface area contributed by atoms with Crippen molar-refractivity contribution in [1.29, 1.82) is 0 Å². The lowest BCUT2D eigenvalue weighted by molar-refractivity contribution is -0.137. The molecule has 6 heteroatoms. The third-order valence-electron chi connectivity index (χ3n) is 6.91. The molecular weight excluding hydrogens is 440 g/mol. The fraction of sp³-hybridized carbons (Fsp3) is 0.379. The summed E-state index contributed by atoms with van der Waals surface area (Å²) in [5.41, 5.74) is 3.83. The van der Waals surface area contributed by atoms with Gasteiger partial charge in [-0.3, -0.25) is 9.59 Å². The van der Waals surface area contributed by atoms with E-state index in [-0.39, 0.29) is 24.5 Å². The molecule has 0 aromatic heterocycles. The fourth-order valence-electron chi connectivity index (χ4n) is 4.57. The lowest BCUT2D eigenvalue weighted by Gasteiger charge is -2.28. The Hall–Kier alpha value is -3.38. The molecule has 1 N–H and O–H groups in total. The van der Waals surface area contributed by atoms with E-state index in [1.807, 2.05) is 75.4 Å². The second-order valence-corrected chi connectivity index (χ2v) is 9.34. The van der Waals surface area contributed by atoms with Gasteiger partial charge in [-0.25, -0.2) is 0 Å². The molecule has 0 spiro atoms. The van der Waals surface area contributed by atoms with Crippen LogP contribution in [0.15, 0.2) is 54.6 Å². The van der Waals surface area contributed by atoms with Gasteiger partial charge in [-0.05, 0) is 79.3 Å². The van der Waals surface area contributed by atoms with Gasteiger partial charge in [0, 0.05) is 18.8 Å². The highest BCUT2D eigenvalue weighted by Gasteiger charge is 2.28. The van der Waals surface area contributed by atoms with Gasteiger partial charge in [0.15, 0.2) is 0 Å². The first-order valence-electron chi connectivity index (χ1n) is 12.2. The molecule has 1 heterocycles. The molecule has 4 rings (SSSR count). The van der Waals surface area contributed by atoms with Crippen LogP contribution in [0, 0.1) is 13.8 Å². The number of fused-ring (bicyclic) bond motifs is 1. The van der Waals surface area contributed by atoms with Crippen LogP contribution in [-0.4, -0.2) is 49.6 Å². The number of hydrogen-bond acceptors (Lipinski definition) is 4. The highest BCUT2D eigenvalue weighted by Crippen LogP contribution is 2.27. The van der Waals surface area contributed by atoms with Crippen molar-refractivity contribution in [3.8, 4) is 5.75 Å². The Kier molecular flexibility index (Phi) is 7.71. The molecule has 1 aliphatic rings. The fourth-order valence-corrected chi connectivity index (χ4v) is 4.57. The summed E-state index contributed by atoms with van der Waals surface area (Å²) in [5.74, 6) is 0.121. The number of ether oxygens (including phenoxy) is 2. The number of anilines is 1. The van der Waals surface area contributed by atoms with Gasteiger partial charge in [0.1, 0.15) is 5.75 Å². The Morgan fingerprint density at radius 2 is 1.89 bits per heavy atom. The first-order valence-corrected chi connectivity index (χ1v) is 12.2. The summed E-state index contributed by atoms with van der Waals surface area (Å²) >= 11 is 0. The molecule has 184 valence electrons. The van der Waals surface area contributed by atoms with Crippen LogP contribution in [0.4, 0.5) is 5.69 Å². The number of nitrogens with zero attached hydrogens (tertiary/aromatic N) is 1. The number of benzene rings is 3. The predicted molar refractivity (Wildman–Crippen MR) is 139 cm³/mol. The summed E-state index contributed by atoms with van der Waals surface area (Å²) in [6.07, 6.45) is 1.84. The van der Waals surface area contributed by atoms with E-state index in [1.165, 1.54) is 0 Å². The third-order valence-corrected chi connectivity index (χ3v) is 6.91. The van der Waals surface area contributed by atoms with Crippen molar-refractivity contribution in [2.45, 2.75) is 45.6 Å². The largest absolute Gasteiger partial charge is 0.497 e. The van der Waals surface area contributed by atoms with Crippen molar-refractivity contribution in [2.24, 2.45) is 0 Å². The van der Waals surface area contributed by atoms with Crippen LogP contribution >= 0.6 is 0 Å². The maximum Gasteiger partial charge on any atom is 0.244 e. The first kappa shape index (κ1) is 24.7. The number of hydrogen-bond donors (Lipinski definition) is 1. The zero-order valence-corrected chi connectivity index (χ0v) is 21.0. The molecule has 6 nitrogen and oxygen atoms in total. The monoisotopic (exact) mass is 474 g/mol. The summed E-state index contributed by atoms with van der Waals surface area (Å²) in [6.45, 7) is 7.00. The number of amides is 2. The van der Waals surface area contributed by atoms with Gasteiger partial charge in [-0.2, -0.15) is 0 Å². The Labute approximate surface area is 207 Å². The maximum atomic E-state index is 13.6. The Bertz CT molecular complexity index is 1220. The number of carbonyl (C=O) groups excluding carboxylic acids is 2. The minimum atomic E-state index is -0.392. The molecule has 2 amide bonds. The number of methoxy groups -OCH3 is 1. The third kappa shape index (κ3) is 5.82. The molecule has 0 bridgehead atoms. The van der Waals surface area contributed by atoms with E-state index >= 15 is 0 Å². The van der Waals surface area contributed by atoms with E-state index < -0.39 is 5.92 Å². The second-order valence-electron chi connectivity index (χ2n) is 9.34. The zero-order chi connectivity index (χ0) is 24.9. The highest BCUT2D eigenvalue weighted by molar-refractivity contribution is 5.96. The van der Waals surface area contributed by atoms with Gasteiger partial charge < -0.3 is 19.7 Å².